The summed E-state index contributed by atoms with van der Waals surface area (Å²) in [6, 6.07) is 20.6. The molecule has 0 heterocycles. The Bertz CT molecular complexity index is 1060. The molecule has 0 bridgehead atoms. The predicted octanol–water partition coefficient (Wildman–Crippen LogP) is 4.40. The van der Waals surface area contributed by atoms with E-state index in [9.17, 15) is 9.59 Å². The Hall–Kier alpha value is -3.64. The number of aryl methyl sites for hydroxylation is 1. The molecule has 3 aromatic rings. The Balaban J connectivity index is 1.57. The highest BCUT2D eigenvalue weighted by Gasteiger charge is 2.11. The van der Waals surface area contributed by atoms with E-state index in [4.69, 9.17) is 21.1 Å². The second-order valence-corrected chi connectivity index (χ2v) is 6.77. The molecule has 0 atom stereocenters. The van der Waals surface area contributed by atoms with Gasteiger partial charge in [-0.05, 0) is 61.0 Å². The van der Waals surface area contributed by atoms with Gasteiger partial charge < -0.3 is 9.47 Å². The maximum atomic E-state index is 12.3. The van der Waals surface area contributed by atoms with Crippen molar-refractivity contribution in [1.29, 1.82) is 0 Å². The molecule has 0 saturated carbocycles. The fourth-order valence-corrected chi connectivity index (χ4v) is 2.61. The Kier molecular flexibility index (Phi) is 7.19. The van der Waals surface area contributed by atoms with Crippen molar-refractivity contribution in [2.75, 3.05) is 6.61 Å². The van der Waals surface area contributed by atoms with Gasteiger partial charge in [0, 0.05) is 10.6 Å². The van der Waals surface area contributed by atoms with Gasteiger partial charge in [-0.2, -0.15) is 5.10 Å². The fraction of sp³-hybridized carbons (Fsp3) is 0.0870. The van der Waals surface area contributed by atoms with Gasteiger partial charge in [-0.3, -0.25) is 4.79 Å². The van der Waals surface area contributed by atoms with E-state index in [1.54, 1.807) is 54.6 Å². The summed E-state index contributed by atoms with van der Waals surface area (Å²) in [6.45, 7) is 1.77. The van der Waals surface area contributed by atoms with E-state index in [1.807, 2.05) is 25.1 Å². The van der Waals surface area contributed by atoms with Crippen LogP contribution in [0, 0.1) is 6.92 Å². The number of carbonyl (C=O) groups is 2. The quantitative estimate of drug-likeness (QED) is 0.265. The number of halogens is 1. The van der Waals surface area contributed by atoms with E-state index in [2.05, 4.69) is 10.5 Å². The number of hydrogen-bond donors (Lipinski definition) is 1. The highest BCUT2D eigenvalue weighted by molar-refractivity contribution is 6.30. The zero-order chi connectivity index (χ0) is 21.3. The van der Waals surface area contributed by atoms with Crippen LogP contribution in [0.2, 0.25) is 5.02 Å². The number of amides is 1. The summed E-state index contributed by atoms with van der Waals surface area (Å²) in [7, 11) is 0. The number of para-hydroxylation sites is 1. The molecule has 0 aliphatic rings. The van der Waals surface area contributed by atoms with Gasteiger partial charge >= 0.3 is 5.97 Å². The van der Waals surface area contributed by atoms with Crippen molar-refractivity contribution < 1.29 is 19.1 Å². The normalized spacial score (nSPS) is 10.6. The second kappa shape index (κ2) is 10.2. The summed E-state index contributed by atoms with van der Waals surface area (Å²) in [4.78, 5) is 24.2. The lowest BCUT2D eigenvalue weighted by Gasteiger charge is -2.08. The molecule has 30 heavy (non-hydrogen) atoms. The van der Waals surface area contributed by atoms with Crippen LogP contribution in [0.1, 0.15) is 21.5 Å². The molecule has 1 amide bonds. The van der Waals surface area contributed by atoms with Crippen molar-refractivity contribution in [3.05, 3.63) is 94.5 Å². The average molecular weight is 423 g/mol. The molecule has 6 nitrogen and oxygen atoms in total. The van der Waals surface area contributed by atoms with Gasteiger partial charge in [-0.25, -0.2) is 10.2 Å². The Morgan fingerprint density at radius 1 is 1.03 bits per heavy atom. The Labute approximate surface area is 179 Å². The number of carbonyl (C=O) groups excluding carboxylic acids is 2. The molecular formula is C23H19ClN2O4. The lowest BCUT2D eigenvalue weighted by Crippen LogP contribution is -2.24. The van der Waals surface area contributed by atoms with Crippen molar-refractivity contribution in [3.8, 4) is 11.5 Å². The lowest BCUT2D eigenvalue weighted by atomic mass is 10.2. The average Bonchev–Trinajstić information content (AvgIpc) is 2.74. The molecular weight excluding hydrogens is 404 g/mol. The summed E-state index contributed by atoms with van der Waals surface area (Å²) < 4.78 is 10.9. The molecule has 1 N–H and O–H groups in total. The number of benzene rings is 3. The van der Waals surface area contributed by atoms with Gasteiger partial charge in [0.15, 0.2) is 6.61 Å². The molecule has 0 spiro atoms. The van der Waals surface area contributed by atoms with Crippen LogP contribution in [0.4, 0.5) is 0 Å². The summed E-state index contributed by atoms with van der Waals surface area (Å²) >= 11 is 5.84. The van der Waals surface area contributed by atoms with Crippen LogP contribution in [0.15, 0.2) is 77.9 Å². The minimum Gasteiger partial charge on any atom is -0.484 e. The third-order valence-electron chi connectivity index (χ3n) is 3.95. The first kappa shape index (κ1) is 21.1. The number of rotatable bonds is 7. The standard InChI is InChI=1S/C23H19ClN2O4/c1-16-5-4-7-20(13-16)29-15-22(27)26-25-14-18-6-2-3-8-21(18)30-23(28)17-9-11-19(24)12-10-17/h2-14H,15H2,1H3,(H,26,27)/b25-14-. The number of ether oxygens (including phenoxy) is 2. The number of nitrogens with zero attached hydrogens (tertiary/aromatic N) is 1. The molecule has 0 fully saturated rings. The van der Waals surface area contributed by atoms with E-state index < -0.39 is 11.9 Å². The number of nitrogens with one attached hydrogen (secondary N) is 1. The Morgan fingerprint density at radius 2 is 1.80 bits per heavy atom. The van der Waals surface area contributed by atoms with E-state index in [1.165, 1.54) is 6.21 Å². The minimum atomic E-state index is -0.525. The highest BCUT2D eigenvalue weighted by Crippen LogP contribution is 2.18. The minimum absolute atomic E-state index is 0.173. The van der Waals surface area contributed by atoms with Crippen LogP contribution in [-0.2, 0) is 4.79 Å². The van der Waals surface area contributed by atoms with Crippen LogP contribution in [0.5, 0.6) is 11.5 Å². The van der Waals surface area contributed by atoms with Gasteiger partial charge in [0.2, 0.25) is 0 Å². The molecule has 0 aliphatic heterocycles. The first-order valence-electron chi connectivity index (χ1n) is 9.09. The van der Waals surface area contributed by atoms with E-state index in [0.29, 0.717) is 27.6 Å². The molecule has 0 unspecified atom stereocenters. The molecule has 3 aromatic carbocycles. The molecule has 7 heteroatoms. The third-order valence-corrected chi connectivity index (χ3v) is 4.21. The van der Waals surface area contributed by atoms with Gasteiger partial charge in [0.05, 0.1) is 11.8 Å². The van der Waals surface area contributed by atoms with Crippen molar-refractivity contribution in [2.24, 2.45) is 5.10 Å². The van der Waals surface area contributed by atoms with Gasteiger partial charge in [0.25, 0.3) is 5.91 Å². The third kappa shape index (κ3) is 6.18. The van der Waals surface area contributed by atoms with E-state index in [-0.39, 0.29) is 6.61 Å². The molecule has 0 saturated heterocycles. The zero-order valence-electron chi connectivity index (χ0n) is 16.2. The summed E-state index contributed by atoms with van der Waals surface area (Å²) in [6.07, 6.45) is 1.40. The van der Waals surface area contributed by atoms with Crippen molar-refractivity contribution in [2.45, 2.75) is 6.92 Å². The molecule has 0 aromatic heterocycles. The molecule has 3 rings (SSSR count). The second-order valence-electron chi connectivity index (χ2n) is 6.33. The Morgan fingerprint density at radius 3 is 2.57 bits per heavy atom. The van der Waals surface area contributed by atoms with Gasteiger partial charge in [-0.15, -0.1) is 0 Å². The number of hydrogen-bond acceptors (Lipinski definition) is 5. The summed E-state index contributed by atoms with van der Waals surface area (Å²) in [5, 5.41) is 4.44. The topological polar surface area (TPSA) is 77.0 Å². The maximum Gasteiger partial charge on any atom is 0.343 e. The molecule has 0 aliphatic carbocycles. The van der Waals surface area contributed by atoms with Gasteiger partial charge in [-0.1, -0.05) is 35.9 Å². The van der Waals surface area contributed by atoms with Gasteiger partial charge in [0.1, 0.15) is 11.5 Å². The van der Waals surface area contributed by atoms with E-state index in [0.717, 1.165) is 5.56 Å². The largest absolute Gasteiger partial charge is 0.484 e. The first-order chi connectivity index (χ1) is 14.5. The molecule has 152 valence electrons. The molecule has 0 radical (unpaired) electrons. The predicted molar refractivity (Wildman–Crippen MR) is 115 cm³/mol. The monoisotopic (exact) mass is 422 g/mol. The van der Waals surface area contributed by atoms with Crippen molar-refractivity contribution in [1.82, 2.24) is 5.43 Å². The van der Waals surface area contributed by atoms with Crippen LogP contribution in [-0.4, -0.2) is 24.7 Å². The lowest BCUT2D eigenvalue weighted by molar-refractivity contribution is -0.123. The SMILES string of the molecule is Cc1cccc(OCC(=O)N/N=C\c2ccccc2OC(=O)c2ccc(Cl)cc2)c1. The zero-order valence-corrected chi connectivity index (χ0v) is 16.9. The first-order valence-corrected chi connectivity index (χ1v) is 9.47. The maximum absolute atomic E-state index is 12.3. The number of esters is 1. The summed E-state index contributed by atoms with van der Waals surface area (Å²) in [5.74, 6) is -0.0217. The van der Waals surface area contributed by atoms with Crippen LogP contribution in [0.3, 0.4) is 0 Å². The van der Waals surface area contributed by atoms with Crippen LogP contribution in [0.25, 0.3) is 0 Å². The van der Waals surface area contributed by atoms with Crippen LogP contribution < -0.4 is 14.9 Å². The summed E-state index contributed by atoms with van der Waals surface area (Å²) in [5.41, 5.74) is 4.32. The highest BCUT2D eigenvalue weighted by atomic mass is 35.5. The fourth-order valence-electron chi connectivity index (χ4n) is 2.48. The number of hydrazone groups is 1. The van der Waals surface area contributed by atoms with Crippen molar-refractivity contribution >= 4 is 29.7 Å². The smallest absolute Gasteiger partial charge is 0.343 e. The van der Waals surface area contributed by atoms with Crippen LogP contribution >= 0.6 is 11.6 Å². The van der Waals surface area contributed by atoms with E-state index >= 15 is 0 Å². The van der Waals surface area contributed by atoms with Crippen molar-refractivity contribution in [3.63, 3.8) is 0 Å².